The van der Waals surface area contributed by atoms with Crippen LogP contribution >= 0.6 is 0 Å². The highest BCUT2D eigenvalue weighted by Gasteiger charge is 2.08. The molecule has 0 aliphatic rings. The molecule has 1 rings (SSSR count). The maximum absolute atomic E-state index is 9.12. The number of hydrogen-bond acceptors (Lipinski definition) is 2. The van der Waals surface area contributed by atoms with Gasteiger partial charge in [0.15, 0.2) is 0 Å². The van der Waals surface area contributed by atoms with Crippen molar-refractivity contribution in [3.05, 3.63) is 28.6 Å². The highest BCUT2D eigenvalue weighted by Crippen LogP contribution is 2.12. The first-order valence-corrected chi connectivity index (χ1v) is 4.83. The van der Waals surface area contributed by atoms with Crippen molar-refractivity contribution in [1.82, 2.24) is 9.78 Å². The molecule has 0 unspecified atom stereocenters. The Morgan fingerprint density at radius 3 is 2.50 bits per heavy atom. The lowest BCUT2D eigenvalue weighted by Gasteiger charge is -2.01. The van der Waals surface area contributed by atoms with E-state index in [2.05, 4.69) is 25.0 Å². The van der Waals surface area contributed by atoms with E-state index in [1.165, 1.54) is 5.57 Å². The summed E-state index contributed by atoms with van der Waals surface area (Å²) in [6.07, 6.45) is 2.13. The quantitative estimate of drug-likeness (QED) is 0.747. The van der Waals surface area contributed by atoms with Crippen LogP contribution in [0.25, 0.3) is 0 Å². The van der Waals surface area contributed by atoms with Crippen molar-refractivity contribution in [3.63, 3.8) is 0 Å². The molecule has 3 nitrogen and oxygen atoms in total. The molecule has 1 N–H and O–H groups in total. The number of aliphatic hydroxyl groups is 1. The van der Waals surface area contributed by atoms with Crippen LogP contribution in [0, 0.1) is 13.8 Å². The third-order valence-corrected chi connectivity index (χ3v) is 2.36. The van der Waals surface area contributed by atoms with E-state index in [9.17, 15) is 0 Å². The van der Waals surface area contributed by atoms with Gasteiger partial charge in [0.2, 0.25) is 0 Å². The van der Waals surface area contributed by atoms with Gasteiger partial charge in [-0.1, -0.05) is 11.6 Å². The Morgan fingerprint density at radius 2 is 2.07 bits per heavy atom. The van der Waals surface area contributed by atoms with Crippen molar-refractivity contribution < 1.29 is 5.11 Å². The zero-order chi connectivity index (χ0) is 10.7. The summed E-state index contributed by atoms with van der Waals surface area (Å²) >= 11 is 0. The van der Waals surface area contributed by atoms with Gasteiger partial charge >= 0.3 is 0 Å². The monoisotopic (exact) mass is 194 g/mol. The first-order chi connectivity index (χ1) is 6.56. The third kappa shape index (κ3) is 2.23. The van der Waals surface area contributed by atoms with Crippen LogP contribution < -0.4 is 0 Å². The van der Waals surface area contributed by atoms with Gasteiger partial charge in [0.25, 0.3) is 0 Å². The molecule has 0 fully saturated rings. The largest absolute Gasteiger partial charge is 0.392 e. The van der Waals surface area contributed by atoms with Crippen molar-refractivity contribution in [3.8, 4) is 0 Å². The highest BCUT2D eigenvalue weighted by molar-refractivity contribution is 5.23. The lowest BCUT2D eigenvalue weighted by atomic mass is 10.2. The number of hydrogen-bond donors (Lipinski definition) is 1. The van der Waals surface area contributed by atoms with Crippen molar-refractivity contribution in [2.45, 2.75) is 40.8 Å². The minimum absolute atomic E-state index is 0.0759. The molecular weight excluding hydrogens is 176 g/mol. The van der Waals surface area contributed by atoms with E-state index >= 15 is 0 Å². The Balaban J connectivity index is 2.94. The highest BCUT2D eigenvalue weighted by atomic mass is 16.3. The number of aliphatic hydroxyl groups excluding tert-OH is 1. The molecule has 0 aromatic carbocycles. The zero-order valence-electron chi connectivity index (χ0n) is 9.33. The number of allylic oxidation sites excluding steroid dienone is 2. The predicted molar refractivity (Wildman–Crippen MR) is 57.1 cm³/mol. The van der Waals surface area contributed by atoms with Crippen LogP contribution in [0.3, 0.4) is 0 Å². The standard InChI is InChI=1S/C11H18N2O/c1-8(2)5-6-13-10(4)11(7-14)9(3)12-13/h5,14H,6-7H2,1-4H3. The number of nitrogens with zero attached hydrogens (tertiary/aromatic N) is 2. The van der Waals surface area contributed by atoms with E-state index in [1.807, 2.05) is 18.5 Å². The molecule has 0 spiro atoms. The minimum atomic E-state index is 0.0759. The molecule has 0 radical (unpaired) electrons. The molecule has 0 atom stereocenters. The van der Waals surface area contributed by atoms with Gasteiger partial charge < -0.3 is 5.11 Å². The molecular formula is C11H18N2O. The van der Waals surface area contributed by atoms with E-state index in [0.29, 0.717) is 0 Å². The van der Waals surface area contributed by atoms with Crippen LogP contribution in [-0.2, 0) is 13.2 Å². The molecule has 0 amide bonds. The molecule has 0 bridgehead atoms. The summed E-state index contributed by atoms with van der Waals surface area (Å²) in [5, 5.41) is 13.5. The maximum atomic E-state index is 9.12. The summed E-state index contributed by atoms with van der Waals surface area (Å²) < 4.78 is 1.92. The van der Waals surface area contributed by atoms with Crippen LogP contribution in [0.15, 0.2) is 11.6 Å². The molecule has 3 heteroatoms. The normalized spacial score (nSPS) is 10.4. The maximum Gasteiger partial charge on any atom is 0.0718 e. The summed E-state index contributed by atoms with van der Waals surface area (Å²) in [5.74, 6) is 0. The molecule has 0 saturated carbocycles. The molecule has 78 valence electrons. The van der Waals surface area contributed by atoms with Gasteiger partial charge in [0.05, 0.1) is 18.8 Å². The zero-order valence-corrected chi connectivity index (χ0v) is 9.33. The molecule has 1 aromatic heterocycles. The molecule has 1 heterocycles. The summed E-state index contributed by atoms with van der Waals surface area (Å²) in [7, 11) is 0. The van der Waals surface area contributed by atoms with Crippen molar-refractivity contribution >= 4 is 0 Å². The van der Waals surface area contributed by atoms with Crippen LogP contribution in [0.1, 0.15) is 30.8 Å². The topological polar surface area (TPSA) is 38.0 Å². The van der Waals surface area contributed by atoms with Crippen molar-refractivity contribution in [2.24, 2.45) is 0 Å². The van der Waals surface area contributed by atoms with Gasteiger partial charge in [-0.25, -0.2) is 0 Å². The predicted octanol–water partition coefficient (Wildman–Crippen LogP) is 1.96. The van der Waals surface area contributed by atoms with E-state index < -0.39 is 0 Å². The fraction of sp³-hybridized carbons (Fsp3) is 0.545. The fourth-order valence-corrected chi connectivity index (χ4v) is 1.41. The Hall–Kier alpha value is -1.09. The molecule has 0 aliphatic carbocycles. The van der Waals surface area contributed by atoms with E-state index in [1.54, 1.807) is 0 Å². The van der Waals surface area contributed by atoms with Crippen LogP contribution in [0.2, 0.25) is 0 Å². The number of rotatable bonds is 3. The third-order valence-electron chi connectivity index (χ3n) is 2.36. The smallest absolute Gasteiger partial charge is 0.0718 e. The number of aromatic nitrogens is 2. The minimum Gasteiger partial charge on any atom is -0.392 e. The Morgan fingerprint density at radius 1 is 1.43 bits per heavy atom. The summed E-state index contributed by atoms with van der Waals surface area (Å²) in [6.45, 7) is 8.92. The lowest BCUT2D eigenvalue weighted by Crippen LogP contribution is -2.01. The second-order valence-corrected chi connectivity index (χ2v) is 3.77. The van der Waals surface area contributed by atoms with Gasteiger partial charge in [-0.05, 0) is 27.7 Å². The van der Waals surface area contributed by atoms with Gasteiger partial charge in [-0.3, -0.25) is 4.68 Å². The van der Waals surface area contributed by atoms with Gasteiger partial charge in [-0.15, -0.1) is 0 Å². The summed E-state index contributed by atoms with van der Waals surface area (Å²) in [4.78, 5) is 0. The average molecular weight is 194 g/mol. The van der Waals surface area contributed by atoms with Crippen LogP contribution in [-0.4, -0.2) is 14.9 Å². The summed E-state index contributed by atoms with van der Waals surface area (Å²) in [6, 6.07) is 0. The van der Waals surface area contributed by atoms with Crippen molar-refractivity contribution in [1.29, 1.82) is 0 Å². The molecule has 0 aliphatic heterocycles. The SMILES string of the molecule is CC(C)=CCn1nc(C)c(CO)c1C. The second-order valence-electron chi connectivity index (χ2n) is 3.77. The van der Waals surface area contributed by atoms with Gasteiger partial charge in [0, 0.05) is 11.3 Å². The first kappa shape index (κ1) is 11.0. The summed E-state index contributed by atoms with van der Waals surface area (Å²) in [5.41, 5.74) is 4.21. The van der Waals surface area contributed by atoms with Crippen molar-refractivity contribution in [2.75, 3.05) is 0 Å². The molecule has 0 saturated heterocycles. The first-order valence-electron chi connectivity index (χ1n) is 4.83. The Bertz CT molecular complexity index is 346. The van der Waals surface area contributed by atoms with Gasteiger partial charge in [-0.2, -0.15) is 5.10 Å². The van der Waals surface area contributed by atoms with Crippen LogP contribution in [0.4, 0.5) is 0 Å². The number of aryl methyl sites for hydroxylation is 1. The molecule has 1 aromatic rings. The van der Waals surface area contributed by atoms with E-state index in [0.717, 1.165) is 23.5 Å². The van der Waals surface area contributed by atoms with Crippen LogP contribution in [0.5, 0.6) is 0 Å². The van der Waals surface area contributed by atoms with E-state index in [4.69, 9.17) is 5.11 Å². The average Bonchev–Trinajstić information content (AvgIpc) is 2.38. The Kier molecular flexibility index (Phi) is 3.47. The molecule has 14 heavy (non-hydrogen) atoms. The lowest BCUT2D eigenvalue weighted by molar-refractivity contribution is 0.280. The second kappa shape index (κ2) is 4.42. The Labute approximate surface area is 85.1 Å². The van der Waals surface area contributed by atoms with Gasteiger partial charge in [0.1, 0.15) is 0 Å². The van der Waals surface area contributed by atoms with E-state index in [-0.39, 0.29) is 6.61 Å². The fourth-order valence-electron chi connectivity index (χ4n) is 1.41.